The summed E-state index contributed by atoms with van der Waals surface area (Å²) >= 11 is 2.81. The summed E-state index contributed by atoms with van der Waals surface area (Å²) in [7, 11) is 0. The minimum absolute atomic E-state index is 0.0112. The molecule has 2 aromatic heterocycles. The maximum absolute atomic E-state index is 13.1. The van der Waals surface area contributed by atoms with Gasteiger partial charge in [0.1, 0.15) is 33.5 Å². The highest BCUT2D eigenvalue weighted by molar-refractivity contribution is 7.22. The molecule has 0 unspecified atom stereocenters. The third kappa shape index (κ3) is 8.94. The number of amides is 6. The lowest BCUT2D eigenvalue weighted by atomic mass is 10.1. The van der Waals surface area contributed by atoms with E-state index in [0.29, 0.717) is 81.3 Å². The molecular weight excluding hydrogens is 905 g/mol. The molecule has 0 fully saturated rings. The van der Waals surface area contributed by atoms with Crippen LogP contribution in [0.4, 0.5) is 34.1 Å². The Morgan fingerprint density at radius 1 is 0.618 bits per heavy atom. The number of hydrogen-bond donors (Lipinski definition) is 6. The molecule has 4 aromatic carbocycles. The lowest BCUT2D eigenvalue weighted by Crippen LogP contribution is -2.41. The van der Waals surface area contributed by atoms with Crippen LogP contribution in [0.15, 0.2) is 98.1 Å². The minimum Gasteiger partial charge on any atom is -0.487 e. The normalized spacial score (nSPS) is 19.1. The molecule has 0 aliphatic carbocycles. The summed E-state index contributed by atoms with van der Waals surface area (Å²) in [6.45, 7) is 16.8. The van der Waals surface area contributed by atoms with Crippen molar-refractivity contribution in [2.75, 3.05) is 57.2 Å². The van der Waals surface area contributed by atoms with Crippen LogP contribution in [-0.2, 0) is 9.59 Å². The molecule has 68 heavy (non-hydrogen) atoms. The summed E-state index contributed by atoms with van der Waals surface area (Å²) in [5, 5.41) is 20.1. The number of thiophene rings is 2. The van der Waals surface area contributed by atoms with Gasteiger partial charge >= 0.3 is 0 Å². The van der Waals surface area contributed by atoms with Crippen LogP contribution in [0.3, 0.4) is 0 Å². The number of rotatable bonds is 6. The average Bonchev–Trinajstić information content (AvgIpc) is 3.80. The van der Waals surface area contributed by atoms with E-state index in [9.17, 15) is 28.8 Å². The highest BCUT2D eigenvalue weighted by atomic mass is 32.1. The van der Waals surface area contributed by atoms with Crippen LogP contribution >= 0.6 is 22.7 Å². The monoisotopic (exact) mass is 952 g/mol. The zero-order chi connectivity index (χ0) is 48.0. The molecule has 0 saturated heterocycles. The summed E-state index contributed by atoms with van der Waals surface area (Å²) in [5.41, 5.74) is 4.71. The summed E-state index contributed by atoms with van der Waals surface area (Å²) < 4.78 is 13.5. The van der Waals surface area contributed by atoms with Gasteiger partial charge in [-0.2, -0.15) is 0 Å². The first-order chi connectivity index (χ1) is 32.7. The average molecular weight is 953 g/mol. The molecule has 0 saturated carbocycles. The summed E-state index contributed by atoms with van der Waals surface area (Å²) in [4.78, 5) is 80.3. The smallest absolute Gasteiger partial charge is 0.263 e. The molecular formula is C50H48N8O8S2. The molecule has 0 bridgehead atoms. The molecule has 4 atom stereocenters. The van der Waals surface area contributed by atoms with Gasteiger partial charge in [0.15, 0.2) is 0 Å². The Labute approximate surface area is 399 Å². The number of hydrogen-bond acceptors (Lipinski definition) is 12. The second kappa shape index (κ2) is 18.5. The van der Waals surface area contributed by atoms with E-state index in [1.165, 1.54) is 34.8 Å². The van der Waals surface area contributed by atoms with Crippen molar-refractivity contribution in [1.82, 2.24) is 10.6 Å². The van der Waals surface area contributed by atoms with Crippen molar-refractivity contribution >= 4 is 112 Å². The summed E-state index contributed by atoms with van der Waals surface area (Å²) in [6, 6.07) is 21.2. The Morgan fingerprint density at radius 3 is 1.43 bits per heavy atom. The molecule has 6 amide bonds. The van der Waals surface area contributed by atoms with Crippen LogP contribution < -0.4 is 51.2 Å². The van der Waals surface area contributed by atoms with Crippen molar-refractivity contribution in [3.8, 4) is 11.5 Å². The molecule has 16 nitrogen and oxygen atoms in total. The number of carbonyl (C=O) groups is 6. The van der Waals surface area contributed by atoms with Gasteiger partial charge in [0.25, 0.3) is 35.4 Å². The van der Waals surface area contributed by atoms with Gasteiger partial charge in [-0.15, -0.1) is 22.7 Å². The van der Waals surface area contributed by atoms with E-state index in [1.54, 1.807) is 70.5 Å². The zero-order valence-corrected chi connectivity index (χ0v) is 39.2. The van der Waals surface area contributed by atoms with Gasteiger partial charge in [0.2, 0.25) is 0 Å². The van der Waals surface area contributed by atoms with Crippen LogP contribution in [0, 0.1) is 0 Å². The number of benzene rings is 4. The molecule has 6 heterocycles. The first-order valence-corrected chi connectivity index (χ1v) is 23.7. The predicted octanol–water partition coefficient (Wildman–Crippen LogP) is 7.99. The van der Waals surface area contributed by atoms with Gasteiger partial charge in [-0.25, -0.2) is 0 Å². The Hall–Kier alpha value is -7.70. The Morgan fingerprint density at radius 2 is 1.03 bits per heavy atom. The molecule has 6 N–H and O–H groups in total. The fourth-order valence-electron chi connectivity index (χ4n) is 8.41. The van der Waals surface area contributed by atoms with Crippen molar-refractivity contribution in [3.05, 3.63) is 119 Å². The topological polar surface area (TPSA) is 200 Å². The predicted molar refractivity (Wildman–Crippen MR) is 269 cm³/mol. The largest absolute Gasteiger partial charge is 0.487 e. The molecule has 18 heteroatoms. The standard InChI is InChI=1S/2C25H24N4O4S/c2*1-4-21(30)29-12-14(3)33-19-7-6-16(10-18(19)29)28-24(31)15-5-8-20-17(9-15)22-23(34-20)25(32)27-13(2)11-26-22/h2*4-10,13-14,26H,1,11-12H2,2-3H3,(H,27,32)(H,28,31)/t13-,14+;13-,14-/m11/s1. The van der Waals surface area contributed by atoms with E-state index < -0.39 is 0 Å². The summed E-state index contributed by atoms with van der Waals surface area (Å²) in [5.74, 6) is -0.0998. The SMILES string of the molecule is C=CC(=O)N1C[C@@H](C)Oc2ccc(NC(=O)c3ccc4sc5c(c4c3)NC[C@@H](C)NC5=O)cc21.C=CC(=O)N1C[C@H](C)Oc2ccc(NC(=O)c3ccc4sc5c(c4c3)NC[C@@H](C)NC5=O)cc21. The number of anilines is 6. The molecule has 0 radical (unpaired) electrons. The summed E-state index contributed by atoms with van der Waals surface area (Å²) in [6.07, 6.45) is 2.23. The highest BCUT2D eigenvalue weighted by Crippen LogP contribution is 2.41. The van der Waals surface area contributed by atoms with Crippen LogP contribution in [0.25, 0.3) is 20.2 Å². The van der Waals surface area contributed by atoms with Crippen molar-refractivity contribution in [2.45, 2.75) is 52.0 Å². The molecule has 4 aliphatic heterocycles. The lowest BCUT2D eigenvalue weighted by Gasteiger charge is -2.33. The molecule has 348 valence electrons. The molecule has 4 aliphatic rings. The van der Waals surface area contributed by atoms with Gasteiger partial charge in [0, 0.05) is 67.8 Å². The number of ether oxygens (including phenoxy) is 2. The van der Waals surface area contributed by atoms with Gasteiger partial charge in [-0.3, -0.25) is 28.8 Å². The van der Waals surface area contributed by atoms with Crippen molar-refractivity contribution in [3.63, 3.8) is 0 Å². The first-order valence-electron chi connectivity index (χ1n) is 22.0. The third-order valence-corrected chi connectivity index (χ3v) is 14.0. The molecule has 0 spiro atoms. The van der Waals surface area contributed by atoms with Crippen LogP contribution in [0.1, 0.15) is 67.8 Å². The van der Waals surface area contributed by atoms with Gasteiger partial charge in [-0.1, -0.05) is 13.2 Å². The van der Waals surface area contributed by atoms with Crippen molar-refractivity contribution < 1.29 is 38.2 Å². The zero-order valence-electron chi connectivity index (χ0n) is 37.6. The Balaban J connectivity index is 0.000000170. The number of nitrogens with one attached hydrogen (secondary N) is 6. The van der Waals surface area contributed by atoms with Crippen LogP contribution in [0.2, 0.25) is 0 Å². The maximum atomic E-state index is 13.1. The second-order valence-corrected chi connectivity index (χ2v) is 19.1. The Kier molecular flexibility index (Phi) is 12.4. The van der Waals surface area contributed by atoms with E-state index in [1.807, 2.05) is 39.8 Å². The van der Waals surface area contributed by atoms with E-state index >= 15 is 0 Å². The highest BCUT2D eigenvalue weighted by Gasteiger charge is 2.30. The second-order valence-electron chi connectivity index (χ2n) is 17.0. The van der Waals surface area contributed by atoms with Crippen molar-refractivity contribution in [1.29, 1.82) is 0 Å². The van der Waals surface area contributed by atoms with E-state index in [2.05, 4.69) is 45.1 Å². The van der Waals surface area contributed by atoms with Gasteiger partial charge in [0.05, 0.1) is 35.8 Å². The van der Waals surface area contributed by atoms with E-state index in [0.717, 1.165) is 31.5 Å². The van der Waals surface area contributed by atoms with E-state index in [4.69, 9.17) is 9.47 Å². The number of fused-ring (bicyclic) bond motifs is 8. The molecule has 6 aromatic rings. The lowest BCUT2D eigenvalue weighted by molar-refractivity contribution is -0.115. The van der Waals surface area contributed by atoms with Crippen LogP contribution in [0.5, 0.6) is 11.5 Å². The maximum Gasteiger partial charge on any atom is 0.263 e. The fraction of sp³-hybridized carbons (Fsp3) is 0.240. The number of carbonyl (C=O) groups excluding carboxylic acids is 6. The quantitative estimate of drug-likeness (QED) is 0.0890. The first kappa shape index (κ1) is 45.5. The van der Waals surface area contributed by atoms with Crippen molar-refractivity contribution in [2.24, 2.45) is 0 Å². The number of nitrogens with zero attached hydrogens (tertiary/aromatic N) is 2. The minimum atomic E-state index is -0.292. The fourth-order valence-corrected chi connectivity index (χ4v) is 10.5. The Bertz CT molecular complexity index is 2900. The van der Waals surface area contributed by atoms with E-state index in [-0.39, 0.29) is 59.7 Å². The van der Waals surface area contributed by atoms with Crippen LogP contribution in [-0.4, -0.2) is 85.9 Å². The molecule has 10 rings (SSSR count). The van der Waals surface area contributed by atoms with Gasteiger partial charge in [-0.05, 0) is 113 Å². The van der Waals surface area contributed by atoms with Gasteiger partial charge < -0.3 is 51.2 Å². The third-order valence-electron chi connectivity index (χ3n) is 11.7.